The molecule has 1 aromatic rings. The van der Waals surface area contributed by atoms with Crippen molar-refractivity contribution in [3.63, 3.8) is 0 Å². The van der Waals surface area contributed by atoms with Gasteiger partial charge in [-0.15, -0.1) is 0 Å². The van der Waals surface area contributed by atoms with Gasteiger partial charge >= 0.3 is 0 Å². The molecule has 1 saturated heterocycles. The Morgan fingerprint density at radius 2 is 2.23 bits per heavy atom. The predicted molar refractivity (Wildman–Crippen MR) is 108 cm³/mol. The monoisotopic (exact) mass is 362 g/mol. The first-order valence-electron chi connectivity index (χ1n) is 9.63. The molecule has 146 valence electrons. The lowest BCUT2D eigenvalue weighted by Gasteiger charge is -2.30. The third-order valence-electron chi connectivity index (χ3n) is 4.54. The fraction of sp³-hybridized carbons (Fsp3) is 0.650. The highest BCUT2D eigenvalue weighted by Gasteiger charge is 2.15. The van der Waals surface area contributed by atoms with Gasteiger partial charge in [-0.05, 0) is 37.4 Å². The number of piperidine rings is 1. The van der Waals surface area contributed by atoms with E-state index < -0.39 is 0 Å². The highest BCUT2D eigenvalue weighted by Crippen LogP contribution is 2.17. The minimum absolute atomic E-state index is 0.651. The van der Waals surface area contributed by atoms with Crippen LogP contribution in [0.1, 0.15) is 26.2 Å². The van der Waals surface area contributed by atoms with Crippen LogP contribution in [0.3, 0.4) is 0 Å². The van der Waals surface area contributed by atoms with Gasteiger partial charge in [0.05, 0.1) is 6.61 Å². The number of rotatable bonds is 9. The zero-order valence-corrected chi connectivity index (χ0v) is 16.5. The second-order valence-electron chi connectivity index (χ2n) is 6.89. The molecule has 1 atom stereocenters. The van der Waals surface area contributed by atoms with Gasteiger partial charge in [0.15, 0.2) is 5.96 Å². The Bertz CT molecular complexity index is 550. The van der Waals surface area contributed by atoms with E-state index in [1.54, 1.807) is 14.2 Å². The van der Waals surface area contributed by atoms with Crippen molar-refractivity contribution >= 4 is 11.6 Å². The van der Waals surface area contributed by atoms with Gasteiger partial charge in [0.2, 0.25) is 0 Å². The van der Waals surface area contributed by atoms with Crippen molar-refractivity contribution in [3.8, 4) is 5.75 Å². The van der Waals surface area contributed by atoms with E-state index in [0.717, 1.165) is 42.8 Å². The molecule has 2 N–H and O–H groups in total. The molecular weight excluding hydrogens is 328 g/mol. The molecule has 0 amide bonds. The van der Waals surface area contributed by atoms with Gasteiger partial charge in [0.1, 0.15) is 5.75 Å². The van der Waals surface area contributed by atoms with Gasteiger partial charge in [-0.2, -0.15) is 0 Å². The van der Waals surface area contributed by atoms with E-state index >= 15 is 0 Å². The summed E-state index contributed by atoms with van der Waals surface area (Å²) in [7, 11) is 3.50. The Labute approximate surface area is 158 Å². The molecule has 1 aliphatic rings. The highest BCUT2D eigenvalue weighted by atomic mass is 16.5. The van der Waals surface area contributed by atoms with Crippen molar-refractivity contribution in [2.24, 2.45) is 10.9 Å². The topological polar surface area (TPSA) is 58.1 Å². The number of nitrogens with one attached hydrogen (secondary N) is 2. The summed E-state index contributed by atoms with van der Waals surface area (Å²) in [6, 6.07) is 7.95. The zero-order valence-electron chi connectivity index (χ0n) is 16.5. The summed E-state index contributed by atoms with van der Waals surface area (Å²) in [4.78, 5) is 6.85. The van der Waals surface area contributed by atoms with Crippen LogP contribution >= 0.6 is 0 Å². The van der Waals surface area contributed by atoms with E-state index in [9.17, 15) is 0 Å². The van der Waals surface area contributed by atoms with Crippen LogP contribution in [0.4, 0.5) is 5.69 Å². The van der Waals surface area contributed by atoms with Gasteiger partial charge in [0.25, 0.3) is 0 Å². The highest BCUT2D eigenvalue weighted by molar-refractivity contribution is 5.93. The molecule has 0 aromatic heterocycles. The Balaban J connectivity index is 1.74. The molecule has 1 aromatic carbocycles. The first-order chi connectivity index (χ1) is 12.7. The number of ether oxygens (including phenoxy) is 2. The molecule has 0 radical (unpaired) electrons. The lowest BCUT2D eigenvalue weighted by Crippen LogP contribution is -2.41. The molecular formula is C20H34N4O2. The molecule has 6 heteroatoms. The smallest absolute Gasteiger partial charge is 0.195 e. The Hall–Kier alpha value is -1.79. The Morgan fingerprint density at radius 3 is 3.00 bits per heavy atom. The molecule has 26 heavy (non-hydrogen) atoms. The Morgan fingerprint density at radius 1 is 1.35 bits per heavy atom. The molecule has 6 nitrogen and oxygen atoms in total. The molecule has 0 bridgehead atoms. The van der Waals surface area contributed by atoms with Crippen molar-refractivity contribution in [2.75, 3.05) is 58.9 Å². The van der Waals surface area contributed by atoms with Crippen molar-refractivity contribution in [1.29, 1.82) is 0 Å². The second-order valence-corrected chi connectivity index (χ2v) is 6.89. The number of guanidine groups is 1. The summed E-state index contributed by atoms with van der Waals surface area (Å²) in [6.07, 6.45) is 3.55. The van der Waals surface area contributed by atoms with E-state index in [-0.39, 0.29) is 0 Å². The summed E-state index contributed by atoms with van der Waals surface area (Å²) >= 11 is 0. The fourth-order valence-corrected chi connectivity index (χ4v) is 3.20. The van der Waals surface area contributed by atoms with Gasteiger partial charge in [-0.3, -0.25) is 4.99 Å². The first kappa shape index (κ1) is 20.5. The number of likely N-dealkylation sites (tertiary alicyclic amines) is 1. The predicted octanol–water partition coefficient (Wildman–Crippen LogP) is 2.82. The number of hydrogen-bond donors (Lipinski definition) is 2. The van der Waals surface area contributed by atoms with E-state index in [1.807, 2.05) is 24.3 Å². The van der Waals surface area contributed by atoms with Gasteiger partial charge < -0.3 is 25.0 Å². The molecule has 0 spiro atoms. The average molecular weight is 363 g/mol. The molecule has 1 unspecified atom stereocenters. The van der Waals surface area contributed by atoms with Crippen LogP contribution in [-0.4, -0.2) is 64.4 Å². The SMILES string of the molecule is CN=C(NCCN1CCCC(C)C1)Nc1cccc(OCCCOC)c1. The third-order valence-corrected chi connectivity index (χ3v) is 4.54. The Kier molecular flexibility index (Phi) is 9.28. The van der Waals surface area contributed by atoms with E-state index in [4.69, 9.17) is 9.47 Å². The summed E-state index contributed by atoms with van der Waals surface area (Å²) in [5.41, 5.74) is 0.967. The lowest BCUT2D eigenvalue weighted by molar-refractivity contribution is 0.172. The number of benzene rings is 1. The largest absolute Gasteiger partial charge is 0.493 e. The average Bonchev–Trinajstić information content (AvgIpc) is 2.65. The number of nitrogens with zero attached hydrogens (tertiary/aromatic N) is 2. The molecule has 1 aliphatic heterocycles. The van der Waals surface area contributed by atoms with Crippen LogP contribution in [0.15, 0.2) is 29.3 Å². The third kappa shape index (κ3) is 7.62. The van der Waals surface area contributed by atoms with Crippen LogP contribution in [0, 0.1) is 5.92 Å². The quantitative estimate of drug-likeness (QED) is 0.402. The van der Waals surface area contributed by atoms with Crippen LogP contribution in [0.25, 0.3) is 0 Å². The van der Waals surface area contributed by atoms with E-state index in [0.29, 0.717) is 13.2 Å². The van der Waals surface area contributed by atoms with E-state index in [1.165, 1.54) is 25.9 Å². The second kappa shape index (κ2) is 11.8. The van der Waals surface area contributed by atoms with Gasteiger partial charge in [-0.1, -0.05) is 13.0 Å². The summed E-state index contributed by atoms with van der Waals surface area (Å²) in [6.45, 7) is 8.05. The van der Waals surface area contributed by atoms with Crippen LogP contribution < -0.4 is 15.4 Å². The summed E-state index contributed by atoms with van der Waals surface area (Å²) < 4.78 is 10.8. The van der Waals surface area contributed by atoms with Gasteiger partial charge in [-0.25, -0.2) is 0 Å². The normalized spacial score (nSPS) is 18.6. The molecule has 2 rings (SSSR count). The van der Waals surface area contributed by atoms with Gasteiger partial charge in [0, 0.05) is 58.6 Å². The number of hydrogen-bond acceptors (Lipinski definition) is 4. The maximum atomic E-state index is 5.75. The number of anilines is 1. The van der Waals surface area contributed by atoms with Crippen LogP contribution in [-0.2, 0) is 4.74 Å². The molecule has 1 heterocycles. The zero-order chi connectivity index (χ0) is 18.6. The van der Waals surface area contributed by atoms with Crippen molar-refractivity contribution < 1.29 is 9.47 Å². The number of methoxy groups -OCH3 is 1. The maximum Gasteiger partial charge on any atom is 0.195 e. The minimum Gasteiger partial charge on any atom is -0.493 e. The van der Waals surface area contributed by atoms with E-state index in [2.05, 4.69) is 27.4 Å². The molecule has 0 saturated carbocycles. The van der Waals surface area contributed by atoms with Crippen molar-refractivity contribution in [2.45, 2.75) is 26.2 Å². The summed E-state index contributed by atoms with van der Waals surface area (Å²) in [5, 5.41) is 6.73. The molecule has 1 fully saturated rings. The minimum atomic E-state index is 0.651. The summed E-state index contributed by atoms with van der Waals surface area (Å²) in [5.74, 6) is 2.45. The van der Waals surface area contributed by atoms with Crippen LogP contribution in [0.5, 0.6) is 5.75 Å². The standard InChI is InChI=1S/C20H34N4O2/c1-17-7-5-11-24(16-17)12-10-22-20(21-2)23-18-8-4-9-19(15-18)26-14-6-13-25-3/h4,8-9,15,17H,5-7,10-14,16H2,1-3H3,(H2,21,22,23). The van der Waals surface area contributed by atoms with Crippen molar-refractivity contribution in [1.82, 2.24) is 10.2 Å². The maximum absolute atomic E-state index is 5.75. The number of aliphatic imine (C=N–C) groups is 1. The first-order valence-corrected chi connectivity index (χ1v) is 9.63. The van der Waals surface area contributed by atoms with Crippen molar-refractivity contribution in [3.05, 3.63) is 24.3 Å². The fourth-order valence-electron chi connectivity index (χ4n) is 3.20. The molecule has 0 aliphatic carbocycles. The lowest BCUT2D eigenvalue weighted by atomic mass is 10.0. The van der Waals surface area contributed by atoms with Crippen LogP contribution in [0.2, 0.25) is 0 Å².